The van der Waals surface area contributed by atoms with Gasteiger partial charge in [0.05, 0.1) is 5.75 Å². The van der Waals surface area contributed by atoms with E-state index in [1.54, 1.807) is 11.8 Å². The molecular weight excluding hydrogens is 266 g/mol. The Labute approximate surface area is 118 Å². The molecule has 0 saturated heterocycles. The molecule has 1 aromatic carbocycles. The SMILES string of the molecule is CCC(CC)NC(=O)CSCc1ccc(Cl)cc1. The predicted octanol–water partition coefficient (Wildman–Crippen LogP) is 3.88. The molecule has 0 heterocycles. The van der Waals surface area contributed by atoms with Crippen molar-refractivity contribution < 1.29 is 4.79 Å². The smallest absolute Gasteiger partial charge is 0.230 e. The van der Waals surface area contributed by atoms with Crippen LogP contribution in [0.25, 0.3) is 0 Å². The van der Waals surface area contributed by atoms with Gasteiger partial charge in [-0.15, -0.1) is 11.8 Å². The molecule has 1 N–H and O–H groups in total. The zero-order valence-electron chi connectivity index (χ0n) is 10.9. The second-order valence-electron chi connectivity index (χ2n) is 4.20. The fourth-order valence-corrected chi connectivity index (χ4v) is 2.53. The Hall–Kier alpha value is -0.670. The number of thioether (sulfide) groups is 1. The Bertz CT molecular complexity index is 363. The van der Waals surface area contributed by atoms with Gasteiger partial charge in [-0.25, -0.2) is 0 Å². The van der Waals surface area contributed by atoms with E-state index in [4.69, 9.17) is 11.6 Å². The van der Waals surface area contributed by atoms with Gasteiger partial charge in [-0.05, 0) is 30.5 Å². The number of carbonyl (C=O) groups excluding carboxylic acids is 1. The number of carbonyl (C=O) groups is 1. The van der Waals surface area contributed by atoms with Crippen LogP contribution in [-0.2, 0) is 10.5 Å². The second-order valence-corrected chi connectivity index (χ2v) is 5.62. The molecule has 0 unspecified atom stereocenters. The fraction of sp³-hybridized carbons (Fsp3) is 0.500. The average Bonchev–Trinajstić information content (AvgIpc) is 2.38. The van der Waals surface area contributed by atoms with Gasteiger partial charge in [-0.2, -0.15) is 0 Å². The predicted molar refractivity (Wildman–Crippen MR) is 80.1 cm³/mol. The minimum atomic E-state index is 0.127. The summed E-state index contributed by atoms with van der Waals surface area (Å²) in [6.07, 6.45) is 1.98. The van der Waals surface area contributed by atoms with Crippen LogP contribution in [-0.4, -0.2) is 17.7 Å². The highest BCUT2D eigenvalue weighted by atomic mass is 35.5. The van der Waals surface area contributed by atoms with Crippen LogP contribution < -0.4 is 5.32 Å². The highest BCUT2D eigenvalue weighted by Gasteiger charge is 2.07. The topological polar surface area (TPSA) is 29.1 Å². The molecule has 100 valence electrons. The van der Waals surface area contributed by atoms with E-state index in [-0.39, 0.29) is 5.91 Å². The number of benzene rings is 1. The molecule has 4 heteroatoms. The van der Waals surface area contributed by atoms with Crippen LogP contribution in [0.4, 0.5) is 0 Å². The van der Waals surface area contributed by atoms with E-state index in [0.29, 0.717) is 11.8 Å². The van der Waals surface area contributed by atoms with Gasteiger partial charge in [0.25, 0.3) is 0 Å². The van der Waals surface area contributed by atoms with Crippen LogP contribution in [0.15, 0.2) is 24.3 Å². The van der Waals surface area contributed by atoms with Crippen molar-refractivity contribution in [1.29, 1.82) is 0 Å². The summed E-state index contributed by atoms with van der Waals surface area (Å²) in [5, 5.41) is 3.78. The van der Waals surface area contributed by atoms with Crippen molar-refractivity contribution in [2.45, 2.75) is 38.5 Å². The first-order valence-electron chi connectivity index (χ1n) is 6.27. The third kappa shape index (κ3) is 5.78. The standard InChI is InChI=1S/C14H20ClNOS/c1-3-13(4-2)16-14(17)10-18-9-11-5-7-12(15)8-6-11/h5-8,13H,3-4,9-10H2,1-2H3,(H,16,17). The summed E-state index contributed by atoms with van der Waals surface area (Å²) in [5.74, 6) is 1.48. The lowest BCUT2D eigenvalue weighted by Gasteiger charge is -2.14. The van der Waals surface area contributed by atoms with Crippen LogP contribution in [0.2, 0.25) is 5.02 Å². The number of nitrogens with one attached hydrogen (secondary N) is 1. The van der Waals surface area contributed by atoms with E-state index >= 15 is 0 Å². The number of hydrogen-bond acceptors (Lipinski definition) is 2. The third-order valence-corrected chi connectivity index (χ3v) is 4.02. The molecule has 0 bridgehead atoms. The van der Waals surface area contributed by atoms with E-state index in [9.17, 15) is 4.79 Å². The first-order chi connectivity index (χ1) is 8.65. The molecule has 18 heavy (non-hydrogen) atoms. The van der Waals surface area contributed by atoms with E-state index < -0.39 is 0 Å². The lowest BCUT2D eigenvalue weighted by Crippen LogP contribution is -2.35. The minimum Gasteiger partial charge on any atom is -0.353 e. The highest BCUT2D eigenvalue weighted by Crippen LogP contribution is 2.15. The third-order valence-electron chi connectivity index (χ3n) is 2.77. The molecule has 1 amide bonds. The quantitative estimate of drug-likeness (QED) is 0.824. The summed E-state index contributed by atoms with van der Waals surface area (Å²) in [6.45, 7) is 4.19. The molecule has 0 aliphatic heterocycles. The Kier molecular flexibility index (Phi) is 7.21. The van der Waals surface area contributed by atoms with Crippen LogP contribution in [0.1, 0.15) is 32.3 Å². The van der Waals surface area contributed by atoms with E-state index in [2.05, 4.69) is 19.2 Å². The summed E-state index contributed by atoms with van der Waals surface area (Å²) in [6, 6.07) is 8.06. The molecular formula is C14H20ClNOS. The van der Waals surface area contributed by atoms with Gasteiger partial charge in [0, 0.05) is 16.8 Å². The van der Waals surface area contributed by atoms with E-state index in [1.165, 1.54) is 5.56 Å². The maximum Gasteiger partial charge on any atom is 0.230 e. The van der Waals surface area contributed by atoms with Gasteiger partial charge < -0.3 is 5.32 Å². The van der Waals surface area contributed by atoms with Crippen molar-refractivity contribution in [3.63, 3.8) is 0 Å². The Morgan fingerprint density at radius 2 is 1.89 bits per heavy atom. The molecule has 0 saturated carbocycles. The summed E-state index contributed by atoms with van der Waals surface area (Å²) < 4.78 is 0. The first kappa shape index (κ1) is 15.4. The van der Waals surface area contributed by atoms with Crippen molar-refractivity contribution in [2.75, 3.05) is 5.75 Å². The molecule has 0 aromatic heterocycles. The number of rotatable bonds is 7. The van der Waals surface area contributed by atoms with Crippen LogP contribution in [0.3, 0.4) is 0 Å². The fourth-order valence-electron chi connectivity index (χ4n) is 1.60. The van der Waals surface area contributed by atoms with Crippen molar-refractivity contribution in [3.05, 3.63) is 34.9 Å². The van der Waals surface area contributed by atoms with Gasteiger partial charge >= 0.3 is 0 Å². The highest BCUT2D eigenvalue weighted by molar-refractivity contribution is 7.99. The van der Waals surface area contributed by atoms with Crippen LogP contribution >= 0.6 is 23.4 Å². The summed E-state index contributed by atoms with van der Waals surface area (Å²) in [5.41, 5.74) is 1.19. The lowest BCUT2D eigenvalue weighted by atomic mass is 10.2. The summed E-state index contributed by atoms with van der Waals surface area (Å²) >= 11 is 7.44. The summed E-state index contributed by atoms with van der Waals surface area (Å²) in [4.78, 5) is 11.7. The van der Waals surface area contributed by atoms with Crippen molar-refractivity contribution in [2.24, 2.45) is 0 Å². The van der Waals surface area contributed by atoms with Crippen molar-refractivity contribution >= 4 is 29.3 Å². The van der Waals surface area contributed by atoms with Gasteiger partial charge in [-0.1, -0.05) is 37.6 Å². The van der Waals surface area contributed by atoms with Crippen molar-refractivity contribution in [1.82, 2.24) is 5.32 Å². The lowest BCUT2D eigenvalue weighted by molar-refractivity contribution is -0.119. The molecule has 0 radical (unpaired) electrons. The Balaban J connectivity index is 2.25. The van der Waals surface area contributed by atoms with Crippen molar-refractivity contribution in [3.8, 4) is 0 Å². The molecule has 2 nitrogen and oxygen atoms in total. The zero-order chi connectivity index (χ0) is 13.4. The van der Waals surface area contributed by atoms with Crippen LogP contribution in [0, 0.1) is 0 Å². The molecule has 0 fully saturated rings. The number of hydrogen-bond donors (Lipinski definition) is 1. The maximum atomic E-state index is 11.7. The van der Waals surface area contributed by atoms with E-state index in [1.807, 2.05) is 24.3 Å². The van der Waals surface area contributed by atoms with Crippen LogP contribution in [0.5, 0.6) is 0 Å². The van der Waals surface area contributed by atoms with Gasteiger partial charge in [0.15, 0.2) is 0 Å². The molecule has 0 spiro atoms. The largest absolute Gasteiger partial charge is 0.353 e. The maximum absolute atomic E-state index is 11.7. The zero-order valence-corrected chi connectivity index (χ0v) is 12.5. The molecule has 0 aliphatic rings. The monoisotopic (exact) mass is 285 g/mol. The minimum absolute atomic E-state index is 0.127. The number of amides is 1. The molecule has 1 aromatic rings. The molecule has 0 aliphatic carbocycles. The average molecular weight is 286 g/mol. The first-order valence-corrected chi connectivity index (χ1v) is 7.80. The van der Waals surface area contributed by atoms with Gasteiger partial charge in [-0.3, -0.25) is 4.79 Å². The Morgan fingerprint density at radius 3 is 2.44 bits per heavy atom. The summed E-state index contributed by atoms with van der Waals surface area (Å²) in [7, 11) is 0. The second kappa shape index (κ2) is 8.44. The normalized spacial score (nSPS) is 10.7. The van der Waals surface area contributed by atoms with Gasteiger partial charge in [0.1, 0.15) is 0 Å². The van der Waals surface area contributed by atoms with Gasteiger partial charge in [0.2, 0.25) is 5.91 Å². The Morgan fingerprint density at radius 1 is 1.28 bits per heavy atom. The number of halogens is 1. The van der Waals surface area contributed by atoms with E-state index in [0.717, 1.165) is 23.6 Å². The molecule has 0 atom stereocenters. The molecule has 1 rings (SSSR count).